The van der Waals surface area contributed by atoms with Crippen molar-refractivity contribution in [3.05, 3.63) is 90.2 Å². The molecule has 4 amide bonds. The number of amides is 4. The van der Waals surface area contributed by atoms with Crippen molar-refractivity contribution < 1.29 is 23.5 Å². The number of carbonyl (C=O) groups is 3. The topological polar surface area (TPSA) is 79.0 Å². The molecule has 1 heterocycles. The Morgan fingerprint density at radius 3 is 2.39 bits per heavy atom. The molecule has 0 bridgehead atoms. The quantitative estimate of drug-likeness (QED) is 0.551. The van der Waals surface area contributed by atoms with Crippen molar-refractivity contribution in [1.82, 2.24) is 4.90 Å². The molecule has 0 aromatic heterocycles. The lowest BCUT2D eigenvalue weighted by Crippen LogP contribution is -2.37. The molecule has 0 radical (unpaired) electrons. The summed E-state index contributed by atoms with van der Waals surface area (Å²) in [6.07, 6.45) is -0.263. The third-order valence-electron chi connectivity index (χ3n) is 5.33. The molecule has 168 valence electrons. The third-order valence-corrected chi connectivity index (χ3v) is 5.33. The second-order valence-electron chi connectivity index (χ2n) is 7.55. The Labute approximate surface area is 190 Å². The van der Waals surface area contributed by atoms with Crippen LogP contribution in [0.2, 0.25) is 0 Å². The van der Waals surface area contributed by atoms with Gasteiger partial charge in [0.25, 0.3) is 5.91 Å². The van der Waals surface area contributed by atoms with Gasteiger partial charge in [-0.25, -0.2) is 14.1 Å². The number of halogens is 1. The van der Waals surface area contributed by atoms with Crippen molar-refractivity contribution in [2.75, 3.05) is 17.3 Å². The smallest absolute Gasteiger partial charge is 0.332 e. The molecule has 1 saturated heterocycles. The molecule has 1 unspecified atom stereocenters. The number of carbonyl (C=O) groups excluding carboxylic acids is 3. The van der Waals surface area contributed by atoms with Crippen LogP contribution in [-0.4, -0.2) is 35.9 Å². The highest BCUT2D eigenvalue weighted by Gasteiger charge is 2.46. The van der Waals surface area contributed by atoms with Crippen molar-refractivity contribution in [3.63, 3.8) is 0 Å². The summed E-state index contributed by atoms with van der Waals surface area (Å²) in [6.45, 7) is 0.135. The van der Waals surface area contributed by atoms with Gasteiger partial charge in [-0.15, -0.1) is 0 Å². The van der Waals surface area contributed by atoms with Crippen molar-refractivity contribution in [1.29, 1.82) is 0 Å². The van der Waals surface area contributed by atoms with Crippen molar-refractivity contribution in [3.8, 4) is 5.75 Å². The van der Waals surface area contributed by atoms with Gasteiger partial charge in [-0.05, 0) is 48.0 Å². The molecule has 3 aromatic carbocycles. The highest BCUT2D eigenvalue weighted by Crippen LogP contribution is 2.29. The molecule has 1 aliphatic heterocycles. The van der Waals surface area contributed by atoms with E-state index in [-0.39, 0.29) is 18.7 Å². The van der Waals surface area contributed by atoms with E-state index in [1.807, 2.05) is 0 Å². The fourth-order valence-electron chi connectivity index (χ4n) is 3.71. The minimum absolute atomic E-state index is 0.135. The fraction of sp³-hybridized carbons (Fsp3) is 0.160. The Bertz CT molecular complexity index is 1170. The summed E-state index contributed by atoms with van der Waals surface area (Å²) in [5.41, 5.74) is 1.49. The maximum Gasteiger partial charge on any atom is 0.332 e. The van der Waals surface area contributed by atoms with Gasteiger partial charge < -0.3 is 15.0 Å². The summed E-state index contributed by atoms with van der Waals surface area (Å²) in [5, 5.41) is 2.59. The summed E-state index contributed by atoms with van der Waals surface area (Å²) in [6, 6.07) is 19.7. The van der Waals surface area contributed by atoms with Crippen LogP contribution < -0.4 is 15.0 Å². The zero-order chi connectivity index (χ0) is 23.4. The second kappa shape index (κ2) is 9.52. The van der Waals surface area contributed by atoms with Gasteiger partial charge in [0.1, 0.15) is 17.6 Å². The lowest BCUT2D eigenvalue weighted by atomic mass is 10.1. The Hall–Kier alpha value is -4.20. The van der Waals surface area contributed by atoms with Crippen LogP contribution in [0.15, 0.2) is 78.9 Å². The standard InChI is InChI=1S/C25H22FN3O4/c1-33-21-12-10-17(11-13-21)16-28-22(15-23(30)27-19-7-5-6-18(26)14-19)24(31)29(25(28)32)20-8-3-2-4-9-20/h2-14,22H,15-16H2,1H3,(H,27,30). The number of methoxy groups -OCH3 is 1. The van der Waals surface area contributed by atoms with Gasteiger partial charge in [-0.3, -0.25) is 9.59 Å². The SMILES string of the molecule is COc1ccc(CN2C(=O)N(c3ccccc3)C(=O)C2CC(=O)Nc2cccc(F)c2)cc1. The normalized spacial score (nSPS) is 15.6. The molecule has 3 aromatic rings. The van der Waals surface area contributed by atoms with Crippen LogP contribution >= 0.6 is 0 Å². The van der Waals surface area contributed by atoms with E-state index in [1.54, 1.807) is 67.8 Å². The van der Waals surface area contributed by atoms with E-state index in [0.29, 0.717) is 11.4 Å². The van der Waals surface area contributed by atoms with Gasteiger partial charge >= 0.3 is 6.03 Å². The van der Waals surface area contributed by atoms with E-state index in [1.165, 1.54) is 23.1 Å². The number of para-hydroxylation sites is 1. The first-order chi connectivity index (χ1) is 16.0. The van der Waals surface area contributed by atoms with E-state index in [4.69, 9.17) is 4.74 Å². The van der Waals surface area contributed by atoms with E-state index >= 15 is 0 Å². The first kappa shape index (κ1) is 22.0. The van der Waals surface area contributed by atoms with Crippen LogP contribution in [0.25, 0.3) is 0 Å². The van der Waals surface area contributed by atoms with Crippen LogP contribution in [0.4, 0.5) is 20.6 Å². The maximum absolute atomic E-state index is 13.5. The molecule has 1 fully saturated rings. The van der Waals surface area contributed by atoms with Crippen LogP contribution in [-0.2, 0) is 16.1 Å². The van der Waals surface area contributed by atoms with Gasteiger partial charge in [0.05, 0.1) is 19.2 Å². The Balaban J connectivity index is 1.59. The maximum atomic E-state index is 13.5. The highest BCUT2D eigenvalue weighted by atomic mass is 19.1. The molecule has 7 nitrogen and oxygen atoms in total. The molecular weight excluding hydrogens is 425 g/mol. The number of hydrogen-bond acceptors (Lipinski definition) is 4. The fourth-order valence-corrected chi connectivity index (χ4v) is 3.71. The minimum atomic E-state index is -1.01. The predicted molar refractivity (Wildman–Crippen MR) is 121 cm³/mol. The van der Waals surface area contributed by atoms with E-state index in [2.05, 4.69) is 5.32 Å². The third kappa shape index (κ3) is 4.85. The van der Waals surface area contributed by atoms with Gasteiger partial charge in [0, 0.05) is 12.2 Å². The molecule has 4 rings (SSSR count). The van der Waals surface area contributed by atoms with Crippen molar-refractivity contribution in [2.45, 2.75) is 19.0 Å². The van der Waals surface area contributed by atoms with Crippen LogP contribution in [0.5, 0.6) is 5.75 Å². The average molecular weight is 447 g/mol. The minimum Gasteiger partial charge on any atom is -0.497 e. The molecular formula is C25H22FN3O4. The van der Waals surface area contributed by atoms with Crippen LogP contribution in [0.1, 0.15) is 12.0 Å². The number of urea groups is 1. The van der Waals surface area contributed by atoms with Crippen LogP contribution in [0.3, 0.4) is 0 Å². The first-order valence-corrected chi connectivity index (χ1v) is 10.3. The van der Waals surface area contributed by atoms with Gasteiger partial charge in [-0.2, -0.15) is 0 Å². The highest BCUT2D eigenvalue weighted by molar-refractivity contribution is 6.22. The Morgan fingerprint density at radius 2 is 1.73 bits per heavy atom. The molecule has 0 saturated carbocycles. The molecule has 0 spiro atoms. The monoisotopic (exact) mass is 447 g/mol. The molecule has 0 aliphatic carbocycles. The molecule has 1 aliphatic rings. The van der Waals surface area contributed by atoms with E-state index in [0.717, 1.165) is 10.5 Å². The number of nitrogens with one attached hydrogen (secondary N) is 1. The van der Waals surface area contributed by atoms with Crippen molar-refractivity contribution in [2.24, 2.45) is 0 Å². The number of ether oxygens (including phenoxy) is 1. The van der Waals surface area contributed by atoms with E-state index < -0.39 is 29.7 Å². The van der Waals surface area contributed by atoms with E-state index in [9.17, 15) is 18.8 Å². The van der Waals surface area contributed by atoms with Gasteiger partial charge in [0.2, 0.25) is 5.91 Å². The summed E-state index contributed by atoms with van der Waals surface area (Å²) < 4.78 is 18.6. The summed E-state index contributed by atoms with van der Waals surface area (Å²) in [7, 11) is 1.56. The Morgan fingerprint density at radius 1 is 1.00 bits per heavy atom. The van der Waals surface area contributed by atoms with Gasteiger partial charge in [-0.1, -0.05) is 36.4 Å². The number of hydrogen-bond donors (Lipinski definition) is 1. The average Bonchev–Trinajstić information content (AvgIpc) is 3.04. The number of rotatable bonds is 7. The lowest BCUT2D eigenvalue weighted by Gasteiger charge is -2.22. The first-order valence-electron chi connectivity index (χ1n) is 10.3. The molecule has 8 heteroatoms. The summed E-state index contributed by atoms with van der Waals surface area (Å²) in [5.74, 6) is -0.814. The largest absolute Gasteiger partial charge is 0.497 e. The number of imide groups is 1. The van der Waals surface area contributed by atoms with Crippen LogP contribution in [0, 0.1) is 5.82 Å². The molecule has 33 heavy (non-hydrogen) atoms. The number of benzene rings is 3. The molecule has 1 N–H and O–H groups in total. The summed E-state index contributed by atoms with van der Waals surface area (Å²) in [4.78, 5) is 41.7. The zero-order valence-electron chi connectivity index (χ0n) is 17.9. The summed E-state index contributed by atoms with van der Waals surface area (Å²) >= 11 is 0. The Kier molecular flexibility index (Phi) is 6.35. The zero-order valence-corrected chi connectivity index (χ0v) is 17.9. The number of anilines is 2. The molecule has 1 atom stereocenters. The number of nitrogens with zero attached hydrogens (tertiary/aromatic N) is 2. The lowest BCUT2D eigenvalue weighted by molar-refractivity contribution is -0.124. The second-order valence-corrected chi connectivity index (χ2v) is 7.55. The van der Waals surface area contributed by atoms with Gasteiger partial charge in [0.15, 0.2) is 0 Å². The predicted octanol–water partition coefficient (Wildman–Crippen LogP) is 4.20. The van der Waals surface area contributed by atoms with Crippen molar-refractivity contribution >= 4 is 29.2 Å².